The number of aromatic hydroxyl groups is 1. The summed E-state index contributed by atoms with van der Waals surface area (Å²) in [6.45, 7) is 2.78. The smallest absolute Gasteiger partial charge is 0.231 e. The second-order valence-corrected chi connectivity index (χ2v) is 4.47. The van der Waals surface area contributed by atoms with Crippen molar-refractivity contribution in [3.05, 3.63) is 35.7 Å². The van der Waals surface area contributed by atoms with Gasteiger partial charge in [0.1, 0.15) is 5.75 Å². The van der Waals surface area contributed by atoms with Crippen molar-refractivity contribution < 1.29 is 14.6 Å². The zero-order valence-corrected chi connectivity index (χ0v) is 10.5. The van der Waals surface area contributed by atoms with Crippen LogP contribution in [0.1, 0.15) is 24.1 Å². The van der Waals surface area contributed by atoms with Gasteiger partial charge in [-0.1, -0.05) is 0 Å². The number of benzene rings is 1. The molecule has 3 rings (SSSR count). The molecule has 0 radical (unpaired) electrons. The molecule has 0 saturated carbocycles. The third kappa shape index (κ3) is 2.34. The van der Waals surface area contributed by atoms with Crippen LogP contribution in [0.4, 0.5) is 0 Å². The van der Waals surface area contributed by atoms with Crippen LogP contribution >= 0.6 is 0 Å². The van der Waals surface area contributed by atoms with Gasteiger partial charge in [0.2, 0.25) is 6.79 Å². The maximum Gasteiger partial charge on any atom is 0.231 e. The molecular formula is C13H15N3O3. The molecule has 2 aromatic rings. The van der Waals surface area contributed by atoms with E-state index in [9.17, 15) is 5.11 Å². The highest BCUT2D eigenvalue weighted by atomic mass is 16.7. The van der Waals surface area contributed by atoms with E-state index in [1.165, 1.54) is 0 Å². The van der Waals surface area contributed by atoms with Gasteiger partial charge >= 0.3 is 0 Å². The van der Waals surface area contributed by atoms with Crippen LogP contribution in [0.5, 0.6) is 17.2 Å². The number of hydrogen-bond acceptors (Lipinski definition) is 5. The molecule has 1 aliphatic rings. The van der Waals surface area contributed by atoms with Crippen LogP contribution in [-0.2, 0) is 6.54 Å². The van der Waals surface area contributed by atoms with Gasteiger partial charge in [0.15, 0.2) is 11.5 Å². The summed E-state index contributed by atoms with van der Waals surface area (Å²) in [6, 6.07) is 3.53. The molecule has 100 valence electrons. The second-order valence-electron chi connectivity index (χ2n) is 4.47. The van der Waals surface area contributed by atoms with Gasteiger partial charge in [0.25, 0.3) is 0 Å². The SMILES string of the molecule is CC(NCc1cc2c(cc1O)OCO2)c1cn[nH]c1. The van der Waals surface area contributed by atoms with E-state index >= 15 is 0 Å². The predicted molar refractivity (Wildman–Crippen MR) is 68.1 cm³/mol. The van der Waals surface area contributed by atoms with Gasteiger partial charge in [-0.15, -0.1) is 0 Å². The first kappa shape index (κ1) is 11.9. The number of phenols is 1. The van der Waals surface area contributed by atoms with E-state index in [4.69, 9.17) is 9.47 Å². The number of hydrogen-bond donors (Lipinski definition) is 3. The third-order valence-electron chi connectivity index (χ3n) is 3.19. The summed E-state index contributed by atoms with van der Waals surface area (Å²) in [5.74, 6) is 1.46. The molecular weight excluding hydrogens is 246 g/mol. The molecule has 0 bridgehead atoms. The van der Waals surface area contributed by atoms with Crippen molar-refractivity contribution in [2.45, 2.75) is 19.5 Å². The number of aromatic nitrogens is 2. The first-order valence-corrected chi connectivity index (χ1v) is 6.07. The lowest BCUT2D eigenvalue weighted by Gasteiger charge is -2.13. The van der Waals surface area contributed by atoms with Crippen molar-refractivity contribution in [2.24, 2.45) is 0 Å². The Morgan fingerprint density at radius 2 is 2.21 bits per heavy atom. The first-order chi connectivity index (χ1) is 9.24. The molecule has 2 heterocycles. The number of nitrogens with one attached hydrogen (secondary N) is 2. The lowest BCUT2D eigenvalue weighted by Crippen LogP contribution is -2.17. The van der Waals surface area contributed by atoms with Crippen molar-refractivity contribution in [3.8, 4) is 17.2 Å². The molecule has 1 aliphatic heterocycles. The van der Waals surface area contributed by atoms with Crippen molar-refractivity contribution in [1.82, 2.24) is 15.5 Å². The standard InChI is InChI=1S/C13H15N3O3/c1-8(10-5-15-16-6-10)14-4-9-2-12-13(3-11(9)17)19-7-18-12/h2-3,5-6,8,14,17H,4,7H2,1H3,(H,15,16). The Kier molecular flexibility index (Phi) is 3.00. The topological polar surface area (TPSA) is 79.4 Å². The van der Waals surface area contributed by atoms with Gasteiger partial charge in [0.05, 0.1) is 6.20 Å². The maximum atomic E-state index is 9.92. The molecule has 0 fully saturated rings. The number of aromatic amines is 1. The highest BCUT2D eigenvalue weighted by Crippen LogP contribution is 2.37. The van der Waals surface area contributed by atoms with E-state index < -0.39 is 0 Å². The van der Waals surface area contributed by atoms with Crippen LogP contribution in [0.15, 0.2) is 24.5 Å². The number of nitrogens with zero attached hydrogens (tertiary/aromatic N) is 1. The highest BCUT2D eigenvalue weighted by Gasteiger charge is 2.17. The van der Waals surface area contributed by atoms with Crippen LogP contribution in [0.3, 0.4) is 0 Å². The fourth-order valence-corrected chi connectivity index (χ4v) is 1.99. The summed E-state index contributed by atoms with van der Waals surface area (Å²) >= 11 is 0. The lowest BCUT2D eigenvalue weighted by atomic mass is 10.1. The van der Waals surface area contributed by atoms with Gasteiger partial charge in [-0.2, -0.15) is 5.10 Å². The third-order valence-corrected chi connectivity index (χ3v) is 3.19. The van der Waals surface area contributed by atoms with Crippen molar-refractivity contribution in [3.63, 3.8) is 0 Å². The molecule has 6 heteroatoms. The molecule has 1 aromatic heterocycles. The van der Waals surface area contributed by atoms with Crippen LogP contribution in [-0.4, -0.2) is 22.1 Å². The highest BCUT2D eigenvalue weighted by molar-refractivity contribution is 5.51. The molecule has 1 atom stereocenters. The number of H-pyrrole nitrogens is 1. The number of phenolic OH excluding ortho intramolecular Hbond substituents is 1. The monoisotopic (exact) mass is 261 g/mol. The van der Waals surface area contributed by atoms with E-state index in [0.29, 0.717) is 18.0 Å². The molecule has 0 aliphatic carbocycles. The normalized spacial score (nSPS) is 14.6. The summed E-state index contributed by atoms with van der Waals surface area (Å²) < 4.78 is 10.5. The summed E-state index contributed by atoms with van der Waals surface area (Å²) in [5, 5.41) is 19.9. The minimum Gasteiger partial charge on any atom is -0.507 e. The fourth-order valence-electron chi connectivity index (χ4n) is 1.99. The number of fused-ring (bicyclic) bond motifs is 1. The second kappa shape index (κ2) is 4.81. The Bertz CT molecular complexity index is 569. The quantitative estimate of drug-likeness (QED) is 0.780. The van der Waals surface area contributed by atoms with E-state index in [2.05, 4.69) is 15.5 Å². The minimum atomic E-state index is 0.142. The average Bonchev–Trinajstić information content (AvgIpc) is 3.06. The van der Waals surface area contributed by atoms with Crippen LogP contribution in [0, 0.1) is 0 Å². The minimum absolute atomic E-state index is 0.142. The van der Waals surface area contributed by atoms with E-state index in [-0.39, 0.29) is 18.6 Å². The van der Waals surface area contributed by atoms with Crippen LogP contribution < -0.4 is 14.8 Å². The molecule has 1 aromatic carbocycles. The first-order valence-electron chi connectivity index (χ1n) is 6.07. The Morgan fingerprint density at radius 3 is 2.95 bits per heavy atom. The molecule has 0 amide bonds. The predicted octanol–water partition coefficient (Wildman–Crippen LogP) is 1.69. The van der Waals surface area contributed by atoms with Crippen molar-refractivity contribution in [2.75, 3.05) is 6.79 Å². The summed E-state index contributed by atoms with van der Waals surface area (Å²) in [5.41, 5.74) is 1.85. The Balaban J connectivity index is 1.70. The molecule has 19 heavy (non-hydrogen) atoms. The van der Waals surface area contributed by atoms with Gasteiger partial charge in [-0.3, -0.25) is 5.10 Å². The van der Waals surface area contributed by atoms with Gasteiger partial charge in [-0.25, -0.2) is 0 Å². The van der Waals surface area contributed by atoms with Crippen LogP contribution in [0.25, 0.3) is 0 Å². The summed E-state index contributed by atoms with van der Waals surface area (Å²) in [7, 11) is 0. The maximum absolute atomic E-state index is 9.92. The molecule has 0 saturated heterocycles. The van der Waals surface area contributed by atoms with E-state index in [1.807, 2.05) is 13.1 Å². The summed E-state index contributed by atoms with van der Waals surface area (Å²) in [6.07, 6.45) is 3.62. The van der Waals surface area contributed by atoms with Crippen LogP contribution in [0.2, 0.25) is 0 Å². The largest absolute Gasteiger partial charge is 0.507 e. The van der Waals surface area contributed by atoms with E-state index in [1.54, 1.807) is 18.3 Å². The average molecular weight is 261 g/mol. The molecule has 3 N–H and O–H groups in total. The van der Waals surface area contributed by atoms with Crippen molar-refractivity contribution >= 4 is 0 Å². The molecule has 6 nitrogen and oxygen atoms in total. The Hall–Kier alpha value is -2.21. The number of rotatable bonds is 4. The molecule has 0 spiro atoms. The zero-order chi connectivity index (χ0) is 13.2. The van der Waals surface area contributed by atoms with Gasteiger partial charge in [-0.05, 0) is 13.0 Å². The Morgan fingerprint density at radius 1 is 1.42 bits per heavy atom. The Labute approximate surface area is 110 Å². The zero-order valence-electron chi connectivity index (χ0n) is 10.5. The lowest BCUT2D eigenvalue weighted by molar-refractivity contribution is 0.174. The van der Waals surface area contributed by atoms with Crippen molar-refractivity contribution in [1.29, 1.82) is 0 Å². The fraction of sp³-hybridized carbons (Fsp3) is 0.308. The van der Waals surface area contributed by atoms with E-state index in [0.717, 1.165) is 11.1 Å². The summed E-state index contributed by atoms with van der Waals surface area (Å²) in [4.78, 5) is 0. The van der Waals surface area contributed by atoms with Gasteiger partial charge in [0, 0.05) is 36.0 Å². The number of ether oxygens (including phenoxy) is 2. The van der Waals surface area contributed by atoms with Gasteiger partial charge < -0.3 is 19.9 Å². The molecule has 1 unspecified atom stereocenters.